The van der Waals surface area contributed by atoms with Crippen molar-refractivity contribution in [3.63, 3.8) is 0 Å². The fraction of sp³-hybridized carbons (Fsp3) is 0.0286. The fourth-order valence-corrected chi connectivity index (χ4v) is 4.81. The van der Waals surface area contributed by atoms with E-state index in [1.165, 1.54) is 43.3 Å². The lowest BCUT2D eigenvalue weighted by molar-refractivity contribution is -0.255. The van der Waals surface area contributed by atoms with Gasteiger partial charge in [0.2, 0.25) is 0 Å². The molecule has 5 rings (SSSR count). The van der Waals surface area contributed by atoms with Gasteiger partial charge >= 0.3 is 11.9 Å². The van der Waals surface area contributed by atoms with Gasteiger partial charge in [-0.2, -0.15) is 0 Å². The van der Waals surface area contributed by atoms with Crippen molar-refractivity contribution in [3.8, 4) is 44.5 Å². The van der Waals surface area contributed by atoms with Gasteiger partial charge in [0.05, 0.1) is 17.1 Å². The molecule has 42 heavy (non-hydrogen) atoms. The normalized spacial score (nSPS) is 10.7. The summed E-state index contributed by atoms with van der Waals surface area (Å²) >= 11 is 0. The van der Waals surface area contributed by atoms with E-state index in [1.807, 2.05) is 24.3 Å². The van der Waals surface area contributed by atoms with Crippen LogP contribution in [0.15, 0.2) is 109 Å². The highest BCUT2D eigenvalue weighted by molar-refractivity contribution is 5.98. The predicted molar refractivity (Wildman–Crippen MR) is 156 cm³/mol. The van der Waals surface area contributed by atoms with Crippen molar-refractivity contribution in [2.75, 3.05) is 0 Å². The molecule has 0 aliphatic carbocycles. The van der Waals surface area contributed by atoms with Crippen LogP contribution >= 0.6 is 0 Å². The molecule has 0 fully saturated rings. The van der Waals surface area contributed by atoms with Gasteiger partial charge in [-0.25, -0.2) is 9.59 Å². The molecular weight excluding hydrogens is 532 g/mol. The number of ketones is 1. The monoisotopic (exact) mass is 555 g/mol. The number of carboxylic acids is 3. The average Bonchev–Trinajstić information content (AvgIpc) is 3.00. The molecule has 7 heteroatoms. The van der Waals surface area contributed by atoms with Crippen LogP contribution in [0.2, 0.25) is 0 Å². The lowest BCUT2D eigenvalue weighted by Gasteiger charge is -2.19. The molecule has 0 atom stereocenters. The Morgan fingerprint density at radius 3 is 0.952 bits per heavy atom. The third-order valence-corrected chi connectivity index (χ3v) is 7.08. The summed E-state index contributed by atoms with van der Waals surface area (Å²) in [6, 6.07) is 30.3. The van der Waals surface area contributed by atoms with E-state index >= 15 is 0 Å². The highest BCUT2D eigenvalue weighted by Gasteiger charge is 2.17. The van der Waals surface area contributed by atoms with Gasteiger partial charge in [-0.05, 0) is 93.4 Å². The molecule has 0 heterocycles. The van der Waals surface area contributed by atoms with Crippen LogP contribution in [0.25, 0.3) is 44.5 Å². The number of rotatable bonds is 8. The molecule has 0 saturated heterocycles. The standard InChI is InChI=1S/C35H24O7/c1-20(36)21-2-4-22(5-3-21)29-18-31(24-8-14-27(15-9-24)34(39)40)32(25-10-16-28(17-11-25)35(41)42)19-30(29)23-6-12-26(13-7-23)33(37)38/h2-19H,1H3,(H,37,38)(H,39,40)(H,41,42)/p-1. The van der Waals surface area contributed by atoms with Gasteiger partial charge in [0.25, 0.3) is 0 Å². The molecule has 0 aromatic heterocycles. The molecule has 0 unspecified atom stereocenters. The molecule has 5 aromatic carbocycles. The zero-order valence-electron chi connectivity index (χ0n) is 22.3. The minimum absolute atomic E-state index is 0.0290. The van der Waals surface area contributed by atoms with Crippen LogP contribution in [-0.4, -0.2) is 33.9 Å². The van der Waals surface area contributed by atoms with Gasteiger partial charge in [-0.3, -0.25) is 4.79 Å². The molecule has 0 aliphatic rings. The first-order valence-electron chi connectivity index (χ1n) is 12.9. The van der Waals surface area contributed by atoms with Gasteiger partial charge in [0, 0.05) is 5.56 Å². The number of benzene rings is 5. The van der Waals surface area contributed by atoms with Crippen molar-refractivity contribution in [1.82, 2.24) is 0 Å². The van der Waals surface area contributed by atoms with Crippen molar-refractivity contribution < 1.29 is 34.5 Å². The van der Waals surface area contributed by atoms with Crippen molar-refractivity contribution in [2.45, 2.75) is 6.92 Å². The summed E-state index contributed by atoms with van der Waals surface area (Å²) in [5.41, 5.74) is 6.89. The maximum absolute atomic E-state index is 11.9. The summed E-state index contributed by atoms with van der Waals surface area (Å²) in [5, 5.41) is 30.2. The third-order valence-electron chi connectivity index (χ3n) is 7.08. The highest BCUT2D eigenvalue weighted by Crippen LogP contribution is 2.42. The minimum Gasteiger partial charge on any atom is -0.545 e. The van der Waals surface area contributed by atoms with Crippen molar-refractivity contribution in [1.29, 1.82) is 0 Å². The van der Waals surface area contributed by atoms with E-state index < -0.39 is 17.9 Å². The molecule has 0 amide bonds. The summed E-state index contributed by atoms with van der Waals surface area (Å²) < 4.78 is 0. The Labute approximate surface area is 241 Å². The fourth-order valence-electron chi connectivity index (χ4n) is 4.81. The Morgan fingerprint density at radius 1 is 0.452 bits per heavy atom. The first-order valence-corrected chi connectivity index (χ1v) is 12.9. The number of aromatic carboxylic acids is 3. The minimum atomic E-state index is -1.29. The Kier molecular flexibility index (Phi) is 7.49. The predicted octanol–water partition coefficient (Wildman–Crippen LogP) is 6.32. The second-order valence-electron chi connectivity index (χ2n) is 9.71. The zero-order chi connectivity index (χ0) is 30.0. The van der Waals surface area contributed by atoms with Gasteiger partial charge in [0.15, 0.2) is 5.78 Å². The van der Waals surface area contributed by atoms with Gasteiger partial charge < -0.3 is 20.1 Å². The van der Waals surface area contributed by atoms with Gasteiger partial charge in [-0.1, -0.05) is 72.8 Å². The lowest BCUT2D eigenvalue weighted by atomic mass is 9.85. The number of hydrogen-bond donors (Lipinski definition) is 2. The Balaban J connectivity index is 1.80. The summed E-state index contributed by atoms with van der Waals surface area (Å²) in [4.78, 5) is 46.3. The average molecular weight is 556 g/mol. The Morgan fingerprint density at radius 2 is 0.714 bits per heavy atom. The second kappa shape index (κ2) is 11.3. The number of carbonyl (C=O) groups is 4. The topological polar surface area (TPSA) is 132 Å². The second-order valence-corrected chi connectivity index (χ2v) is 9.71. The largest absolute Gasteiger partial charge is 0.545 e. The number of Topliss-reactive ketones (excluding diaryl/α,β-unsaturated/α-hetero) is 1. The van der Waals surface area contributed by atoms with Gasteiger partial charge in [0.1, 0.15) is 0 Å². The number of carbonyl (C=O) groups excluding carboxylic acids is 2. The van der Waals surface area contributed by atoms with E-state index in [0.717, 1.165) is 38.9 Å². The van der Waals surface area contributed by atoms with Crippen LogP contribution in [0.5, 0.6) is 0 Å². The summed E-state index contributed by atoms with van der Waals surface area (Å²) in [6.07, 6.45) is 0. The molecule has 0 saturated carbocycles. The summed E-state index contributed by atoms with van der Waals surface area (Å²) in [5.74, 6) is -3.46. The molecule has 7 nitrogen and oxygen atoms in total. The van der Waals surface area contributed by atoms with E-state index in [4.69, 9.17) is 0 Å². The van der Waals surface area contributed by atoms with Crippen LogP contribution in [0.4, 0.5) is 0 Å². The van der Waals surface area contributed by atoms with E-state index in [9.17, 15) is 34.5 Å². The first-order chi connectivity index (χ1) is 20.1. The van der Waals surface area contributed by atoms with E-state index in [0.29, 0.717) is 11.1 Å². The molecular formula is C35H23O7-. The maximum Gasteiger partial charge on any atom is 0.335 e. The molecule has 0 radical (unpaired) electrons. The molecule has 2 N–H and O–H groups in total. The Hall–Kier alpha value is -5.82. The first kappa shape index (κ1) is 27.7. The molecule has 0 aliphatic heterocycles. The van der Waals surface area contributed by atoms with Crippen LogP contribution in [0.1, 0.15) is 48.4 Å². The zero-order valence-corrected chi connectivity index (χ0v) is 22.3. The molecule has 5 aromatic rings. The van der Waals surface area contributed by atoms with Crippen molar-refractivity contribution in [2.24, 2.45) is 0 Å². The van der Waals surface area contributed by atoms with Crippen LogP contribution < -0.4 is 5.11 Å². The van der Waals surface area contributed by atoms with E-state index in [-0.39, 0.29) is 22.5 Å². The van der Waals surface area contributed by atoms with E-state index in [1.54, 1.807) is 48.5 Å². The molecule has 206 valence electrons. The summed E-state index contributed by atoms with van der Waals surface area (Å²) in [7, 11) is 0. The quantitative estimate of drug-likeness (QED) is 0.214. The highest BCUT2D eigenvalue weighted by atomic mass is 16.4. The van der Waals surface area contributed by atoms with Crippen molar-refractivity contribution >= 4 is 23.7 Å². The van der Waals surface area contributed by atoms with Crippen LogP contribution in [-0.2, 0) is 0 Å². The number of carboxylic acid groups (broad SMARTS) is 3. The maximum atomic E-state index is 11.9. The smallest absolute Gasteiger partial charge is 0.335 e. The molecule has 0 spiro atoms. The molecule has 0 bridgehead atoms. The van der Waals surface area contributed by atoms with Crippen molar-refractivity contribution in [3.05, 3.63) is 131 Å². The Bertz CT molecular complexity index is 1560. The third kappa shape index (κ3) is 5.57. The van der Waals surface area contributed by atoms with Crippen LogP contribution in [0.3, 0.4) is 0 Å². The SMILES string of the molecule is CC(=O)c1ccc(-c2cc(-c3ccc(C(=O)[O-])cc3)c(-c3ccc(C(=O)O)cc3)cc2-c2ccc(C(=O)O)cc2)cc1. The summed E-state index contributed by atoms with van der Waals surface area (Å²) in [6.45, 7) is 1.49. The van der Waals surface area contributed by atoms with E-state index in [2.05, 4.69) is 0 Å². The number of hydrogen-bond acceptors (Lipinski definition) is 5. The lowest BCUT2D eigenvalue weighted by Crippen LogP contribution is -2.21. The van der Waals surface area contributed by atoms with Gasteiger partial charge in [-0.15, -0.1) is 0 Å². The van der Waals surface area contributed by atoms with Crippen LogP contribution in [0, 0.1) is 0 Å².